The fourth-order valence-corrected chi connectivity index (χ4v) is 3.73. The quantitative estimate of drug-likeness (QED) is 0.711. The third kappa shape index (κ3) is 6.78. The van der Waals surface area contributed by atoms with Crippen LogP contribution in [-0.4, -0.2) is 38.1 Å². The van der Waals surface area contributed by atoms with E-state index < -0.39 is 10.0 Å². The number of rotatable bonds is 9. The number of aryl methyl sites for hydroxylation is 1. The first-order chi connectivity index (χ1) is 12.4. The van der Waals surface area contributed by atoms with Gasteiger partial charge in [0.15, 0.2) is 0 Å². The monoisotopic (exact) mass is 394 g/mol. The molecule has 0 saturated carbocycles. The lowest BCUT2D eigenvalue weighted by atomic mass is 10.2. The highest BCUT2D eigenvalue weighted by molar-refractivity contribution is 7.89. The van der Waals surface area contributed by atoms with Gasteiger partial charge >= 0.3 is 0 Å². The molecule has 0 fully saturated rings. The Morgan fingerprint density at radius 1 is 1.08 bits per heavy atom. The number of carbonyl (C=O) groups is 1. The summed E-state index contributed by atoms with van der Waals surface area (Å²) in [5, 5.41) is 0.585. The maximum atomic E-state index is 12.1. The zero-order chi connectivity index (χ0) is 19.0. The van der Waals surface area contributed by atoms with Gasteiger partial charge in [-0.05, 0) is 23.6 Å². The molecule has 0 unspecified atom stereocenters. The van der Waals surface area contributed by atoms with Crippen LogP contribution in [0.15, 0.2) is 54.6 Å². The maximum Gasteiger partial charge on any atom is 0.219 e. The minimum Gasteiger partial charge on any atom is -0.337 e. The molecule has 5 nitrogen and oxygen atoms in total. The summed E-state index contributed by atoms with van der Waals surface area (Å²) in [6.45, 7) is 2.26. The minimum atomic E-state index is -3.40. The Morgan fingerprint density at radius 2 is 1.73 bits per heavy atom. The molecule has 0 radical (unpaired) electrons. The van der Waals surface area contributed by atoms with Gasteiger partial charge in [0.25, 0.3) is 0 Å². The summed E-state index contributed by atoms with van der Waals surface area (Å²) in [4.78, 5) is 13.4. The van der Waals surface area contributed by atoms with Gasteiger partial charge in [0, 0.05) is 31.6 Å². The number of sulfonamides is 1. The van der Waals surface area contributed by atoms with E-state index >= 15 is 0 Å². The van der Waals surface area contributed by atoms with Crippen molar-refractivity contribution in [1.82, 2.24) is 9.62 Å². The predicted molar refractivity (Wildman–Crippen MR) is 104 cm³/mol. The Balaban J connectivity index is 1.85. The van der Waals surface area contributed by atoms with Crippen LogP contribution in [-0.2, 0) is 27.8 Å². The second-order valence-corrected chi connectivity index (χ2v) is 8.31. The molecule has 140 valence electrons. The number of amides is 1. The molecular weight excluding hydrogens is 372 g/mol. The van der Waals surface area contributed by atoms with E-state index in [0.29, 0.717) is 18.0 Å². The van der Waals surface area contributed by atoms with Crippen LogP contribution in [0.3, 0.4) is 0 Å². The Hall–Kier alpha value is -1.89. The van der Waals surface area contributed by atoms with Crippen molar-refractivity contribution in [3.8, 4) is 0 Å². The van der Waals surface area contributed by atoms with E-state index in [0.717, 1.165) is 11.1 Å². The standard InChI is InChI=1S/C19H23ClN2O3S/c1-16(23)22(15-18-9-5-6-10-19(18)20)13-12-21-26(24,25)14-11-17-7-3-2-4-8-17/h2-10,21H,11-15H2,1H3. The molecule has 7 heteroatoms. The van der Waals surface area contributed by atoms with E-state index in [1.165, 1.54) is 6.92 Å². The zero-order valence-corrected chi connectivity index (χ0v) is 16.3. The van der Waals surface area contributed by atoms with Crippen molar-refractivity contribution in [3.05, 3.63) is 70.7 Å². The normalized spacial score (nSPS) is 11.3. The molecule has 0 aliphatic rings. The largest absolute Gasteiger partial charge is 0.337 e. The van der Waals surface area contributed by atoms with Crippen molar-refractivity contribution in [2.24, 2.45) is 0 Å². The van der Waals surface area contributed by atoms with Crippen LogP contribution in [0, 0.1) is 0 Å². The molecule has 2 aromatic carbocycles. The van der Waals surface area contributed by atoms with E-state index in [2.05, 4.69) is 4.72 Å². The molecule has 0 aromatic heterocycles. The summed E-state index contributed by atoms with van der Waals surface area (Å²) in [7, 11) is -3.40. The van der Waals surface area contributed by atoms with E-state index in [9.17, 15) is 13.2 Å². The topological polar surface area (TPSA) is 66.5 Å². The van der Waals surface area contributed by atoms with Crippen molar-refractivity contribution in [1.29, 1.82) is 0 Å². The van der Waals surface area contributed by atoms with Gasteiger partial charge in [-0.3, -0.25) is 4.79 Å². The number of nitrogens with zero attached hydrogens (tertiary/aromatic N) is 1. The van der Waals surface area contributed by atoms with E-state index in [4.69, 9.17) is 11.6 Å². The van der Waals surface area contributed by atoms with E-state index in [1.807, 2.05) is 48.5 Å². The summed E-state index contributed by atoms with van der Waals surface area (Å²) in [5.41, 5.74) is 1.80. The first-order valence-electron chi connectivity index (χ1n) is 8.37. The second-order valence-electron chi connectivity index (χ2n) is 5.98. The van der Waals surface area contributed by atoms with E-state index in [1.54, 1.807) is 11.0 Å². The molecule has 0 aliphatic carbocycles. The highest BCUT2D eigenvalue weighted by Gasteiger charge is 2.14. The highest BCUT2D eigenvalue weighted by atomic mass is 35.5. The Bertz CT molecular complexity index is 826. The molecule has 1 N–H and O–H groups in total. The number of hydrogen-bond acceptors (Lipinski definition) is 3. The van der Waals surface area contributed by atoms with Gasteiger partial charge < -0.3 is 4.90 Å². The van der Waals surface area contributed by atoms with Crippen LogP contribution >= 0.6 is 11.6 Å². The summed E-state index contributed by atoms with van der Waals surface area (Å²) in [5.74, 6) is -0.116. The Kier molecular flexibility index (Phi) is 7.63. The molecule has 2 aromatic rings. The SMILES string of the molecule is CC(=O)N(CCNS(=O)(=O)CCc1ccccc1)Cc1ccccc1Cl. The molecule has 0 spiro atoms. The molecule has 0 heterocycles. The summed E-state index contributed by atoms with van der Waals surface area (Å²) in [6.07, 6.45) is 0.451. The summed E-state index contributed by atoms with van der Waals surface area (Å²) >= 11 is 6.13. The summed E-state index contributed by atoms with van der Waals surface area (Å²) < 4.78 is 26.8. The zero-order valence-electron chi connectivity index (χ0n) is 14.7. The van der Waals surface area contributed by atoms with Gasteiger partial charge in [0.2, 0.25) is 15.9 Å². The lowest BCUT2D eigenvalue weighted by Crippen LogP contribution is -2.38. The molecule has 0 saturated heterocycles. The van der Waals surface area contributed by atoms with Gasteiger partial charge in [0.1, 0.15) is 0 Å². The molecule has 26 heavy (non-hydrogen) atoms. The van der Waals surface area contributed by atoms with Crippen LogP contribution in [0.1, 0.15) is 18.1 Å². The minimum absolute atomic E-state index is 0.0155. The van der Waals surface area contributed by atoms with Crippen LogP contribution < -0.4 is 4.72 Å². The van der Waals surface area contributed by atoms with Crippen LogP contribution in [0.2, 0.25) is 5.02 Å². The number of benzene rings is 2. The van der Waals surface area contributed by atoms with Crippen LogP contribution in [0.4, 0.5) is 0 Å². The van der Waals surface area contributed by atoms with Gasteiger partial charge in [-0.15, -0.1) is 0 Å². The fourth-order valence-electron chi connectivity index (χ4n) is 2.49. The molecule has 0 aliphatic heterocycles. The molecule has 1 amide bonds. The predicted octanol–water partition coefficient (Wildman–Crippen LogP) is 2.85. The van der Waals surface area contributed by atoms with Crippen molar-refractivity contribution >= 4 is 27.5 Å². The van der Waals surface area contributed by atoms with Gasteiger partial charge in [-0.25, -0.2) is 13.1 Å². The smallest absolute Gasteiger partial charge is 0.219 e. The lowest BCUT2D eigenvalue weighted by molar-refractivity contribution is -0.129. The van der Waals surface area contributed by atoms with Crippen molar-refractivity contribution in [2.75, 3.05) is 18.8 Å². The Labute approximate surface area is 160 Å². The first-order valence-corrected chi connectivity index (χ1v) is 10.4. The van der Waals surface area contributed by atoms with Crippen LogP contribution in [0.5, 0.6) is 0 Å². The van der Waals surface area contributed by atoms with Crippen molar-refractivity contribution < 1.29 is 13.2 Å². The molecular formula is C19H23ClN2O3S. The average Bonchev–Trinajstić information content (AvgIpc) is 2.61. The molecule has 0 bridgehead atoms. The molecule has 0 atom stereocenters. The van der Waals surface area contributed by atoms with Crippen LogP contribution in [0.25, 0.3) is 0 Å². The third-order valence-corrected chi connectivity index (χ3v) is 5.72. The maximum absolute atomic E-state index is 12.1. The lowest BCUT2D eigenvalue weighted by Gasteiger charge is -2.22. The number of hydrogen-bond donors (Lipinski definition) is 1. The van der Waals surface area contributed by atoms with Gasteiger partial charge in [0.05, 0.1) is 5.75 Å². The molecule has 2 rings (SSSR count). The van der Waals surface area contributed by atoms with Crippen molar-refractivity contribution in [2.45, 2.75) is 19.9 Å². The Morgan fingerprint density at radius 3 is 2.38 bits per heavy atom. The third-order valence-electron chi connectivity index (χ3n) is 3.97. The number of carbonyl (C=O) groups excluding carboxylic acids is 1. The van der Waals surface area contributed by atoms with Gasteiger partial charge in [-0.1, -0.05) is 60.1 Å². The average molecular weight is 395 g/mol. The summed E-state index contributed by atoms with van der Waals surface area (Å²) in [6, 6.07) is 16.8. The fraction of sp³-hybridized carbons (Fsp3) is 0.316. The van der Waals surface area contributed by atoms with E-state index in [-0.39, 0.29) is 24.7 Å². The number of nitrogens with one attached hydrogen (secondary N) is 1. The van der Waals surface area contributed by atoms with Crippen molar-refractivity contribution in [3.63, 3.8) is 0 Å². The second kappa shape index (κ2) is 9.71. The first kappa shape index (κ1) is 20.4. The number of halogens is 1. The highest BCUT2D eigenvalue weighted by Crippen LogP contribution is 2.17. The van der Waals surface area contributed by atoms with Gasteiger partial charge in [-0.2, -0.15) is 0 Å².